The fourth-order valence-corrected chi connectivity index (χ4v) is 3.31. The minimum Gasteiger partial charge on any atom is -0.480 e. The summed E-state index contributed by atoms with van der Waals surface area (Å²) in [5.74, 6) is -1.38. The predicted molar refractivity (Wildman–Crippen MR) is 81.4 cm³/mol. The largest absolute Gasteiger partial charge is 0.480 e. The number of aliphatic carboxylic acids is 1. The van der Waals surface area contributed by atoms with Crippen molar-refractivity contribution in [2.24, 2.45) is 0 Å². The van der Waals surface area contributed by atoms with Gasteiger partial charge in [0, 0.05) is 19.5 Å². The van der Waals surface area contributed by atoms with E-state index in [-0.39, 0.29) is 31.0 Å². The Kier molecular flexibility index (Phi) is 5.56. The minimum absolute atomic E-state index is 0.0409. The number of carboxylic acid groups (broad SMARTS) is 1. The second-order valence-corrected chi connectivity index (χ2v) is 7.51. The molecule has 0 saturated carbocycles. The summed E-state index contributed by atoms with van der Waals surface area (Å²) in [6.07, 6.45) is -0.628. The van der Waals surface area contributed by atoms with Crippen molar-refractivity contribution in [3.63, 3.8) is 0 Å². The molecule has 0 aliphatic carbocycles. The van der Waals surface area contributed by atoms with Crippen molar-refractivity contribution in [3.05, 3.63) is 35.9 Å². The molecule has 1 aliphatic heterocycles. The van der Waals surface area contributed by atoms with E-state index < -0.39 is 27.9 Å². The second kappa shape index (κ2) is 7.42. The lowest BCUT2D eigenvalue weighted by molar-refractivity contribution is -0.142. The molecule has 1 fully saturated rings. The van der Waals surface area contributed by atoms with Crippen LogP contribution in [0.3, 0.4) is 0 Å². The molecular weight excluding hydrogens is 324 g/mol. The van der Waals surface area contributed by atoms with Gasteiger partial charge in [-0.05, 0) is 5.56 Å². The molecule has 2 N–H and O–H groups in total. The van der Waals surface area contributed by atoms with Crippen molar-refractivity contribution in [2.45, 2.75) is 12.5 Å². The van der Waals surface area contributed by atoms with E-state index in [0.29, 0.717) is 0 Å². The van der Waals surface area contributed by atoms with E-state index in [2.05, 4.69) is 5.48 Å². The molecule has 0 spiro atoms. The second-order valence-electron chi connectivity index (χ2n) is 5.21. The first-order valence-electron chi connectivity index (χ1n) is 7.06. The summed E-state index contributed by atoms with van der Waals surface area (Å²) in [6, 6.07) is 7.85. The Morgan fingerprint density at radius 3 is 2.39 bits per heavy atom. The van der Waals surface area contributed by atoms with Gasteiger partial charge in [0.2, 0.25) is 0 Å². The van der Waals surface area contributed by atoms with E-state index in [4.69, 9.17) is 4.84 Å². The zero-order valence-electron chi connectivity index (χ0n) is 12.3. The normalized spacial score (nSPS) is 18.2. The van der Waals surface area contributed by atoms with Crippen LogP contribution in [0.2, 0.25) is 0 Å². The number of hydroxylamine groups is 1. The van der Waals surface area contributed by atoms with Crippen molar-refractivity contribution in [3.8, 4) is 0 Å². The number of benzene rings is 1. The standard InChI is InChI=1S/C14H18N2O6S/c17-13(18)12(10-11-4-2-1-3-5-11)15-22-14(19)16-6-8-23(20,21)9-7-16/h1-5,12,15H,6-10H2,(H,17,18)/t12-/m0/s1. The van der Waals surface area contributed by atoms with Crippen LogP contribution in [0.5, 0.6) is 0 Å². The first-order chi connectivity index (χ1) is 10.9. The number of amides is 1. The highest BCUT2D eigenvalue weighted by Crippen LogP contribution is 2.07. The maximum absolute atomic E-state index is 11.8. The summed E-state index contributed by atoms with van der Waals surface area (Å²) >= 11 is 0. The highest BCUT2D eigenvalue weighted by atomic mass is 32.2. The molecule has 0 bridgehead atoms. The van der Waals surface area contributed by atoms with Gasteiger partial charge in [-0.2, -0.15) is 0 Å². The first kappa shape index (κ1) is 17.2. The van der Waals surface area contributed by atoms with Gasteiger partial charge in [0.25, 0.3) is 0 Å². The number of carbonyl (C=O) groups excluding carboxylic acids is 1. The third-order valence-corrected chi connectivity index (χ3v) is 5.08. The Morgan fingerprint density at radius 1 is 1.22 bits per heavy atom. The quantitative estimate of drug-likeness (QED) is 0.727. The van der Waals surface area contributed by atoms with Gasteiger partial charge in [0.05, 0.1) is 11.5 Å². The lowest BCUT2D eigenvalue weighted by Crippen LogP contribution is -2.48. The zero-order valence-corrected chi connectivity index (χ0v) is 13.2. The van der Waals surface area contributed by atoms with Crippen LogP contribution in [0, 0.1) is 0 Å². The first-order valence-corrected chi connectivity index (χ1v) is 8.88. The molecule has 1 aromatic rings. The number of nitrogens with one attached hydrogen (secondary N) is 1. The van der Waals surface area contributed by atoms with Crippen LogP contribution in [0.25, 0.3) is 0 Å². The molecule has 1 atom stereocenters. The SMILES string of the molecule is O=C(O)[C@H](Cc1ccccc1)NOC(=O)N1CCS(=O)(=O)CC1. The molecule has 1 saturated heterocycles. The molecule has 126 valence electrons. The third-order valence-electron chi connectivity index (χ3n) is 3.47. The molecule has 1 aliphatic rings. The van der Waals surface area contributed by atoms with Gasteiger partial charge in [-0.3, -0.25) is 4.79 Å². The number of hydrogen-bond acceptors (Lipinski definition) is 6. The summed E-state index contributed by atoms with van der Waals surface area (Å²) in [6.45, 7) is 0.0819. The zero-order chi connectivity index (χ0) is 16.9. The monoisotopic (exact) mass is 342 g/mol. The van der Waals surface area contributed by atoms with Crippen LogP contribution >= 0.6 is 0 Å². The van der Waals surface area contributed by atoms with E-state index in [1.54, 1.807) is 24.3 Å². The number of carboxylic acids is 1. The van der Waals surface area contributed by atoms with Gasteiger partial charge >= 0.3 is 12.1 Å². The Hall–Kier alpha value is -2.13. The van der Waals surface area contributed by atoms with Crippen LogP contribution in [-0.2, 0) is 25.9 Å². The van der Waals surface area contributed by atoms with Gasteiger partial charge in [0.1, 0.15) is 6.04 Å². The van der Waals surface area contributed by atoms with Crippen LogP contribution in [-0.4, -0.2) is 61.1 Å². The number of carbonyl (C=O) groups is 2. The highest BCUT2D eigenvalue weighted by Gasteiger charge is 2.27. The number of nitrogens with zero attached hydrogens (tertiary/aromatic N) is 1. The molecule has 9 heteroatoms. The summed E-state index contributed by atoms with van der Waals surface area (Å²) < 4.78 is 22.6. The molecular formula is C14H18N2O6S. The average molecular weight is 342 g/mol. The van der Waals surface area contributed by atoms with Crippen molar-refractivity contribution >= 4 is 21.9 Å². The average Bonchev–Trinajstić information content (AvgIpc) is 2.51. The fourth-order valence-electron chi connectivity index (χ4n) is 2.11. The van der Waals surface area contributed by atoms with Gasteiger partial charge in [0.15, 0.2) is 9.84 Å². The van der Waals surface area contributed by atoms with Crippen LogP contribution < -0.4 is 5.48 Å². The van der Waals surface area contributed by atoms with Crippen LogP contribution in [0.4, 0.5) is 4.79 Å². The summed E-state index contributed by atoms with van der Waals surface area (Å²) in [7, 11) is -3.10. The predicted octanol–water partition coefficient (Wildman–Crippen LogP) is 0.0539. The summed E-state index contributed by atoms with van der Waals surface area (Å²) in [5, 5.41) is 9.18. The molecule has 8 nitrogen and oxygen atoms in total. The van der Waals surface area contributed by atoms with Crippen molar-refractivity contribution in [1.82, 2.24) is 10.4 Å². The Morgan fingerprint density at radius 2 is 1.83 bits per heavy atom. The Labute approximate surface area is 133 Å². The lowest BCUT2D eigenvalue weighted by Gasteiger charge is -2.26. The maximum atomic E-state index is 11.8. The Bertz CT molecular complexity index is 647. The van der Waals surface area contributed by atoms with E-state index >= 15 is 0 Å². The van der Waals surface area contributed by atoms with Crippen LogP contribution in [0.1, 0.15) is 5.56 Å². The smallest absolute Gasteiger partial charge is 0.428 e. The number of rotatable bonds is 5. The van der Waals surface area contributed by atoms with Crippen LogP contribution in [0.15, 0.2) is 30.3 Å². The molecule has 0 unspecified atom stereocenters. The van der Waals surface area contributed by atoms with Crippen molar-refractivity contribution in [2.75, 3.05) is 24.6 Å². The van der Waals surface area contributed by atoms with E-state index in [1.807, 2.05) is 6.07 Å². The van der Waals surface area contributed by atoms with Gasteiger partial charge in [-0.15, -0.1) is 5.48 Å². The highest BCUT2D eigenvalue weighted by molar-refractivity contribution is 7.91. The van der Waals surface area contributed by atoms with Gasteiger partial charge in [-0.25, -0.2) is 13.2 Å². The summed E-state index contributed by atoms with van der Waals surface area (Å²) in [4.78, 5) is 29.1. The van der Waals surface area contributed by atoms with Gasteiger partial charge < -0.3 is 14.8 Å². The minimum atomic E-state index is -3.10. The molecule has 1 aromatic carbocycles. The van der Waals surface area contributed by atoms with E-state index in [0.717, 1.165) is 5.56 Å². The molecule has 0 radical (unpaired) electrons. The molecule has 1 heterocycles. The van der Waals surface area contributed by atoms with Crippen molar-refractivity contribution in [1.29, 1.82) is 0 Å². The molecule has 2 rings (SSSR count). The maximum Gasteiger partial charge on any atom is 0.428 e. The van der Waals surface area contributed by atoms with Crippen molar-refractivity contribution < 1.29 is 28.0 Å². The topological polar surface area (TPSA) is 113 Å². The lowest BCUT2D eigenvalue weighted by atomic mass is 10.1. The van der Waals surface area contributed by atoms with Gasteiger partial charge in [-0.1, -0.05) is 30.3 Å². The number of sulfone groups is 1. The Balaban J connectivity index is 1.86. The molecule has 1 amide bonds. The molecule has 23 heavy (non-hydrogen) atoms. The number of hydrogen-bond donors (Lipinski definition) is 2. The fraction of sp³-hybridized carbons (Fsp3) is 0.429. The van der Waals surface area contributed by atoms with E-state index in [9.17, 15) is 23.1 Å². The third kappa shape index (κ3) is 5.22. The molecule has 0 aromatic heterocycles. The van der Waals surface area contributed by atoms with E-state index in [1.165, 1.54) is 4.90 Å². The summed E-state index contributed by atoms with van der Waals surface area (Å²) in [5.41, 5.74) is 3.03.